The Kier molecular flexibility index (Phi) is 4.49. The van der Waals surface area contributed by atoms with Crippen LogP contribution in [0.2, 0.25) is 0 Å². The molecule has 0 radical (unpaired) electrons. The van der Waals surface area contributed by atoms with Gasteiger partial charge in [-0.1, -0.05) is 6.92 Å². The van der Waals surface area contributed by atoms with Gasteiger partial charge in [0.05, 0.1) is 17.3 Å². The van der Waals surface area contributed by atoms with Crippen LogP contribution in [0.25, 0.3) is 0 Å². The Hall–Kier alpha value is -1.76. The number of amides is 2. The van der Waals surface area contributed by atoms with Crippen molar-refractivity contribution in [2.45, 2.75) is 31.7 Å². The molecule has 1 aromatic heterocycles. The number of carboxylic acids is 1. The van der Waals surface area contributed by atoms with Crippen molar-refractivity contribution < 1.29 is 14.7 Å². The Morgan fingerprint density at radius 1 is 1.55 bits per heavy atom. The van der Waals surface area contributed by atoms with Crippen molar-refractivity contribution in [2.24, 2.45) is 0 Å². The summed E-state index contributed by atoms with van der Waals surface area (Å²) >= 11 is 1.50. The molecule has 2 heterocycles. The van der Waals surface area contributed by atoms with Gasteiger partial charge in [0.1, 0.15) is 6.04 Å². The lowest BCUT2D eigenvalue weighted by atomic mass is 10.2. The maximum Gasteiger partial charge on any atom is 0.327 e. The van der Waals surface area contributed by atoms with E-state index in [9.17, 15) is 14.7 Å². The van der Waals surface area contributed by atoms with E-state index in [0.29, 0.717) is 17.9 Å². The highest BCUT2D eigenvalue weighted by Gasteiger charge is 2.40. The van der Waals surface area contributed by atoms with Crippen molar-refractivity contribution in [2.75, 3.05) is 11.1 Å². The monoisotopic (exact) mass is 295 g/mol. The average molecular weight is 295 g/mol. The fraction of sp³-hybridized carbons (Fsp3) is 0.462. The van der Waals surface area contributed by atoms with Gasteiger partial charge in [0.2, 0.25) is 0 Å². The number of carbonyl (C=O) groups excluding carboxylic acids is 1. The number of aryl methyl sites for hydroxylation is 1. The van der Waals surface area contributed by atoms with Crippen LogP contribution in [0.15, 0.2) is 18.5 Å². The third kappa shape index (κ3) is 3.04. The first-order chi connectivity index (χ1) is 9.52. The number of rotatable bonds is 3. The van der Waals surface area contributed by atoms with Gasteiger partial charge in [-0.3, -0.25) is 9.88 Å². The van der Waals surface area contributed by atoms with Gasteiger partial charge in [-0.05, 0) is 25.0 Å². The molecule has 7 heteroatoms. The summed E-state index contributed by atoms with van der Waals surface area (Å²) in [5.41, 5.74) is 1.51. The zero-order valence-corrected chi connectivity index (χ0v) is 12.2. The molecule has 1 saturated heterocycles. The molecule has 20 heavy (non-hydrogen) atoms. The summed E-state index contributed by atoms with van der Waals surface area (Å²) in [5.74, 6) is -0.543. The normalized spacial score (nSPS) is 21.8. The van der Waals surface area contributed by atoms with Crippen LogP contribution in [0.1, 0.15) is 18.9 Å². The highest BCUT2D eigenvalue weighted by molar-refractivity contribution is 8.00. The third-order valence-electron chi connectivity index (χ3n) is 3.09. The molecule has 0 spiro atoms. The minimum Gasteiger partial charge on any atom is -0.480 e. The molecule has 108 valence electrons. The van der Waals surface area contributed by atoms with E-state index in [4.69, 9.17) is 0 Å². The number of pyridine rings is 1. The molecule has 2 N–H and O–H groups in total. The fourth-order valence-electron chi connectivity index (χ4n) is 2.15. The molecule has 2 rings (SSSR count). The fourth-order valence-corrected chi connectivity index (χ4v) is 3.50. The van der Waals surface area contributed by atoms with E-state index in [-0.39, 0.29) is 11.4 Å². The predicted octanol–water partition coefficient (Wildman–Crippen LogP) is 2.16. The second-order valence-corrected chi connectivity index (χ2v) is 5.85. The van der Waals surface area contributed by atoms with E-state index < -0.39 is 12.0 Å². The first kappa shape index (κ1) is 14.6. The summed E-state index contributed by atoms with van der Waals surface area (Å²) in [4.78, 5) is 29.0. The Bertz CT molecular complexity index is 523. The molecule has 1 aliphatic rings. The number of anilines is 1. The SMILES string of the molecule is CCC1SCC(C(=O)O)N1C(=O)Nc1cncc(C)c1. The number of thioether (sulfide) groups is 1. The molecule has 0 saturated carbocycles. The Morgan fingerprint density at radius 3 is 2.90 bits per heavy atom. The average Bonchev–Trinajstić information content (AvgIpc) is 2.82. The summed E-state index contributed by atoms with van der Waals surface area (Å²) in [7, 11) is 0. The summed E-state index contributed by atoms with van der Waals surface area (Å²) in [6.07, 6.45) is 3.95. The lowest BCUT2D eigenvalue weighted by molar-refractivity contribution is -0.141. The van der Waals surface area contributed by atoms with Crippen LogP contribution in [0.5, 0.6) is 0 Å². The van der Waals surface area contributed by atoms with Gasteiger partial charge in [0.15, 0.2) is 0 Å². The van der Waals surface area contributed by atoms with E-state index >= 15 is 0 Å². The molecule has 0 aliphatic carbocycles. The van der Waals surface area contributed by atoms with Crippen LogP contribution in [0, 0.1) is 6.92 Å². The zero-order chi connectivity index (χ0) is 14.7. The summed E-state index contributed by atoms with van der Waals surface area (Å²) in [6.45, 7) is 3.82. The Balaban J connectivity index is 2.15. The number of hydrogen-bond acceptors (Lipinski definition) is 4. The number of hydrogen-bond donors (Lipinski definition) is 2. The van der Waals surface area contributed by atoms with Crippen molar-refractivity contribution >= 4 is 29.4 Å². The van der Waals surface area contributed by atoms with Gasteiger partial charge in [-0.25, -0.2) is 9.59 Å². The maximum atomic E-state index is 12.3. The number of nitrogens with zero attached hydrogens (tertiary/aromatic N) is 2. The molecule has 0 aromatic carbocycles. The molecular weight excluding hydrogens is 278 g/mol. The third-order valence-corrected chi connectivity index (χ3v) is 4.54. The molecular formula is C13H17N3O3S. The highest BCUT2D eigenvalue weighted by atomic mass is 32.2. The lowest BCUT2D eigenvalue weighted by Crippen LogP contribution is -2.47. The maximum absolute atomic E-state index is 12.3. The van der Waals surface area contributed by atoms with Gasteiger partial charge in [-0.15, -0.1) is 11.8 Å². The van der Waals surface area contributed by atoms with Gasteiger partial charge in [0.25, 0.3) is 0 Å². The van der Waals surface area contributed by atoms with E-state index in [1.807, 2.05) is 13.8 Å². The van der Waals surface area contributed by atoms with Crippen LogP contribution in [0.4, 0.5) is 10.5 Å². The predicted molar refractivity (Wildman–Crippen MR) is 77.8 cm³/mol. The van der Waals surface area contributed by atoms with Crippen molar-refractivity contribution in [3.8, 4) is 0 Å². The van der Waals surface area contributed by atoms with E-state index in [0.717, 1.165) is 5.56 Å². The Morgan fingerprint density at radius 2 is 2.30 bits per heavy atom. The molecule has 2 atom stereocenters. The molecule has 1 aromatic rings. The molecule has 1 fully saturated rings. The number of carboxylic acid groups (broad SMARTS) is 1. The minimum atomic E-state index is -0.967. The summed E-state index contributed by atoms with van der Waals surface area (Å²) in [6, 6.07) is 0.634. The number of aliphatic carboxylic acids is 1. The van der Waals surface area contributed by atoms with Gasteiger partial charge in [-0.2, -0.15) is 0 Å². The molecule has 0 bridgehead atoms. The molecule has 1 aliphatic heterocycles. The second kappa shape index (κ2) is 6.13. The van der Waals surface area contributed by atoms with Crippen molar-refractivity contribution in [1.29, 1.82) is 0 Å². The van der Waals surface area contributed by atoms with Crippen LogP contribution in [0.3, 0.4) is 0 Å². The summed E-state index contributed by atoms with van der Waals surface area (Å²) in [5, 5.41) is 11.8. The topological polar surface area (TPSA) is 82.5 Å². The van der Waals surface area contributed by atoms with Gasteiger partial charge in [0, 0.05) is 11.9 Å². The van der Waals surface area contributed by atoms with Gasteiger partial charge >= 0.3 is 12.0 Å². The van der Waals surface area contributed by atoms with E-state index in [1.165, 1.54) is 16.7 Å². The van der Waals surface area contributed by atoms with Crippen molar-refractivity contribution in [3.63, 3.8) is 0 Å². The number of aromatic nitrogens is 1. The standard InChI is InChI=1S/C13H17N3O3S/c1-3-11-16(10(7-20-11)12(17)18)13(19)15-9-4-8(2)5-14-6-9/h4-6,10-11H,3,7H2,1-2H3,(H,15,19)(H,17,18). The van der Waals surface area contributed by atoms with E-state index in [1.54, 1.807) is 18.5 Å². The van der Waals surface area contributed by atoms with Crippen molar-refractivity contribution in [3.05, 3.63) is 24.0 Å². The van der Waals surface area contributed by atoms with Gasteiger partial charge < -0.3 is 10.4 Å². The largest absolute Gasteiger partial charge is 0.480 e. The lowest BCUT2D eigenvalue weighted by Gasteiger charge is -2.26. The molecule has 6 nitrogen and oxygen atoms in total. The number of urea groups is 1. The number of carbonyl (C=O) groups is 2. The minimum absolute atomic E-state index is 0.103. The summed E-state index contributed by atoms with van der Waals surface area (Å²) < 4.78 is 0. The van der Waals surface area contributed by atoms with Crippen LogP contribution in [-0.4, -0.2) is 44.2 Å². The molecule has 2 amide bonds. The van der Waals surface area contributed by atoms with Crippen molar-refractivity contribution in [1.82, 2.24) is 9.88 Å². The smallest absolute Gasteiger partial charge is 0.327 e. The van der Waals surface area contributed by atoms with Crippen LogP contribution < -0.4 is 5.32 Å². The van der Waals surface area contributed by atoms with Crippen LogP contribution in [-0.2, 0) is 4.79 Å². The van der Waals surface area contributed by atoms with Crippen LogP contribution >= 0.6 is 11.8 Å². The zero-order valence-electron chi connectivity index (χ0n) is 11.4. The Labute approximate surface area is 121 Å². The highest BCUT2D eigenvalue weighted by Crippen LogP contribution is 2.31. The number of nitrogens with one attached hydrogen (secondary N) is 1. The quantitative estimate of drug-likeness (QED) is 0.893. The molecule has 2 unspecified atom stereocenters. The first-order valence-electron chi connectivity index (χ1n) is 6.38. The second-order valence-electron chi connectivity index (χ2n) is 4.64. The first-order valence-corrected chi connectivity index (χ1v) is 7.43. The van der Waals surface area contributed by atoms with E-state index in [2.05, 4.69) is 10.3 Å².